The molecule has 0 spiro atoms. The minimum absolute atomic E-state index is 0.0281. The summed E-state index contributed by atoms with van der Waals surface area (Å²) < 4.78 is 23.8. The molecule has 0 aliphatic carbocycles. The Bertz CT molecular complexity index is 679. The number of hydrogen-bond donors (Lipinski definition) is 2. The van der Waals surface area contributed by atoms with Crippen molar-refractivity contribution in [2.24, 2.45) is 5.14 Å². The summed E-state index contributed by atoms with van der Waals surface area (Å²) in [5.74, 6) is 0. The lowest BCUT2D eigenvalue weighted by Gasteiger charge is -2.06. The highest BCUT2D eigenvalue weighted by Gasteiger charge is 2.16. The van der Waals surface area contributed by atoms with E-state index in [1.54, 1.807) is 12.1 Å². The molecule has 1 aromatic carbocycles. The quantitative estimate of drug-likeness (QED) is 0.843. The fourth-order valence-corrected chi connectivity index (χ4v) is 4.23. The molecule has 0 aliphatic heterocycles. The number of nitrogen functional groups attached to an aromatic ring is 1. The maximum Gasteiger partial charge on any atom is 0.239 e. The lowest BCUT2D eigenvalue weighted by atomic mass is 10.3. The molecule has 0 fully saturated rings. The first kappa shape index (κ1) is 13.3. The lowest BCUT2D eigenvalue weighted by Crippen LogP contribution is -2.13. The highest BCUT2D eigenvalue weighted by Crippen LogP contribution is 2.35. The number of hydrogen-bond acceptors (Lipinski definition) is 6. The molecular formula is C10H11N3O2S3. The van der Waals surface area contributed by atoms with Gasteiger partial charge >= 0.3 is 0 Å². The van der Waals surface area contributed by atoms with Gasteiger partial charge in [0.25, 0.3) is 0 Å². The molecule has 2 aromatic rings. The van der Waals surface area contributed by atoms with Crippen LogP contribution in [-0.2, 0) is 10.0 Å². The van der Waals surface area contributed by atoms with E-state index in [9.17, 15) is 8.42 Å². The van der Waals surface area contributed by atoms with Crippen LogP contribution >= 0.6 is 23.1 Å². The van der Waals surface area contributed by atoms with Crippen LogP contribution in [0.25, 0.3) is 0 Å². The highest BCUT2D eigenvalue weighted by atomic mass is 32.2. The van der Waals surface area contributed by atoms with Crippen LogP contribution in [0.15, 0.2) is 37.7 Å². The Morgan fingerprint density at radius 3 is 2.67 bits per heavy atom. The van der Waals surface area contributed by atoms with Gasteiger partial charge in [0.1, 0.15) is 0 Å². The van der Waals surface area contributed by atoms with Crippen molar-refractivity contribution in [3.63, 3.8) is 0 Å². The van der Waals surface area contributed by atoms with Crippen molar-refractivity contribution in [3.05, 3.63) is 29.3 Å². The Balaban J connectivity index is 2.45. The van der Waals surface area contributed by atoms with Crippen LogP contribution in [0.2, 0.25) is 0 Å². The van der Waals surface area contributed by atoms with Gasteiger partial charge in [0.05, 0.1) is 4.90 Å². The van der Waals surface area contributed by atoms with Crippen molar-refractivity contribution >= 4 is 38.8 Å². The van der Waals surface area contributed by atoms with Gasteiger partial charge in [-0.2, -0.15) is 0 Å². The van der Waals surface area contributed by atoms with Gasteiger partial charge in [-0.1, -0.05) is 11.8 Å². The summed E-state index contributed by atoms with van der Waals surface area (Å²) in [4.78, 5) is 4.82. The molecule has 18 heavy (non-hydrogen) atoms. The average Bonchev–Trinajstić information content (AvgIpc) is 2.65. The van der Waals surface area contributed by atoms with Gasteiger partial charge < -0.3 is 5.73 Å². The summed E-state index contributed by atoms with van der Waals surface area (Å²) >= 11 is 2.72. The third kappa shape index (κ3) is 3.02. The molecule has 0 saturated heterocycles. The summed E-state index contributed by atoms with van der Waals surface area (Å²) in [6.07, 6.45) is 0. The number of benzene rings is 1. The number of sulfonamides is 1. The van der Waals surface area contributed by atoms with Gasteiger partial charge in [0.15, 0.2) is 4.34 Å². The molecule has 1 aromatic heterocycles. The first-order valence-corrected chi connectivity index (χ1v) is 8.13. The van der Waals surface area contributed by atoms with Crippen LogP contribution < -0.4 is 10.9 Å². The van der Waals surface area contributed by atoms with Gasteiger partial charge in [0.2, 0.25) is 10.0 Å². The molecular weight excluding hydrogens is 290 g/mol. The summed E-state index contributed by atoms with van der Waals surface area (Å²) in [5.41, 5.74) is 6.84. The first-order valence-electron chi connectivity index (χ1n) is 4.88. The van der Waals surface area contributed by atoms with Crippen molar-refractivity contribution < 1.29 is 8.42 Å². The third-order valence-corrected chi connectivity index (χ3v) is 5.28. The predicted molar refractivity (Wildman–Crippen MR) is 73.2 cm³/mol. The van der Waals surface area contributed by atoms with Crippen molar-refractivity contribution in [2.45, 2.75) is 21.1 Å². The van der Waals surface area contributed by atoms with Crippen LogP contribution in [0, 0.1) is 6.92 Å². The maximum atomic E-state index is 11.5. The Morgan fingerprint density at radius 1 is 1.39 bits per heavy atom. The number of rotatable bonds is 3. The van der Waals surface area contributed by atoms with E-state index in [4.69, 9.17) is 10.9 Å². The molecule has 1 heterocycles. The van der Waals surface area contributed by atoms with Crippen molar-refractivity contribution in [1.29, 1.82) is 0 Å². The lowest BCUT2D eigenvalue weighted by molar-refractivity contribution is 0.596. The molecule has 0 radical (unpaired) electrons. The second-order valence-corrected chi connectivity index (χ2v) is 7.29. The summed E-state index contributed by atoms with van der Waals surface area (Å²) in [6.45, 7) is 1.88. The molecule has 8 heteroatoms. The van der Waals surface area contributed by atoms with Gasteiger partial charge in [-0.3, -0.25) is 0 Å². The minimum Gasteiger partial charge on any atom is -0.399 e. The zero-order chi connectivity index (χ0) is 13.3. The number of aryl methyl sites for hydroxylation is 1. The molecule has 0 unspecified atom stereocenters. The smallest absolute Gasteiger partial charge is 0.239 e. The van der Waals surface area contributed by atoms with Gasteiger partial charge in [-0.15, -0.1) is 11.3 Å². The fraction of sp³-hybridized carbons (Fsp3) is 0.100. The normalized spacial score (nSPS) is 11.7. The molecule has 5 nitrogen and oxygen atoms in total. The zero-order valence-electron chi connectivity index (χ0n) is 9.45. The van der Waals surface area contributed by atoms with Gasteiger partial charge in [0, 0.05) is 21.7 Å². The minimum atomic E-state index is -3.79. The molecule has 0 bridgehead atoms. The topological polar surface area (TPSA) is 99.1 Å². The van der Waals surface area contributed by atoms with E-state index >= 15 is 0 Å². The van der Waals surface area contributed by atoms with Crippen LogP contribution in [0.1, 0.15) is 5.69 Å². The first-order chi connectivity index (χ1) is 8.36. The van der Waals surface area contributed by atoms with E-state index in [1.165, 1.54) is 29.2 Å². The fourth-order valence-electron chi connectivity index (χ4n) is 1.30. The summed E-state index contributed by atoms with van der Waals surface area (Å²) in [6, 6.07) is 4.63. The van der Waals surface area contributed by atoms with E-state index < -0.39 is 10.0 Å². The highest BCUT2D eigenvalue weighted by molar-refractivity contribution is 8.01. The molecule has 0 amide bonds. The molecule has 0 saturated carbocycles. The average molecular weight is 301 g/mol. The van der Waals surface area contributed by atoms with E-state index in [-0.39, 0.29) is 4.90 Å². The molecule has 0 aliphatic rings. The molecule has 4 N–H and O–H groups in total. The SMILES string of the molecule is Cc1csc(Sc2ccc(N)cc2S(N)(=O)=O)n1. The molecule has 2 rings (SSSR count). The van der Waals surface area contributed by atoms with Crippen molar-refractivity contribution in [2.75, 3.05) is 5.73 Å². The molecule has 0 atom stereocenters. The number of aromatic nitrogens is 1. The van der Waals surface area contributed by atoms with Crippen LogP contribution in [-0.4, -0.2) is 13.4 Å². The number of anilines is 1. The van der Waals surface area contributed by atoms with E-state index in [0.29, 0.717) is 10.6 Å². The standard InChI is InChI=1S/C10H11N3O2S3/c1-6-5-16-10(13-6)17-8-3-2-7(11)4-9(8)18(12,14)15/h2-5H,11H2,1H3,(H2,12,14,15). The van der Waals surface area contributed by atoms with E-state index in [0.717, 1.165) is 10.0 Å². The van der Waals surface area contributed by atoms with Crippen LogP contribution in [0.5, 0.6) is 0 Å². The largest absolute Gasteiger partial charge is 0.399 e. The summed E-state index contributed by atoms with van der Waals surface area (Å²) in [7, 11) is -3.79. The summed E-state index contributed by atoms with van der Waals surface area (Å²) in [5, 5.41) is 7.07. The van der Waals surface area contributed by atoms with Crippen LogP contribution in [0.3, 0.4) is 0 Å². The maximum absolute atomic E-state index is 11.5. The van der Waals surface area contributed by atoms with Gasteiger partial charge in [-0.25, -0.2) is 18.5 Å². The Hall–Kier alpha value is -1.09. The van der Waals surface area contributed by atoms with Crippen molar-refractivity contribution in [1.82, 2.24) is 4.98 Å². The zero-order valence-corrected chi connectivity index (χ0v) is 11.9. The van der Waals surface area contributed by atoms with E-state index in [1.807, 2.05) is 12.3 Å². The van der Waals surface area contributed by atoms with E-state index in [2.05, 4.69) is 4.98 Å². The number of nitrogens with zero attached hydrogens (tertiary/aromatic N) is 1. The van der Waals surface area contributed by atoms with Crippen LogP contribution in [0.4, 0.5) is 5.69 Å². The Kier molecular flexibility index (Phi) is 3.62. The number of primary sulfonamides is 1. The Labute approximate surface area is 113 Å². The van der Waals surface area contributed by atoms with Crippen molar-refractivity contribution in [3.8, 4) is 0 Å². The Morgan fingerprint density at radius 2 is 2.11 bits per heavy atom. The number of thiazole rings is 1. The van der Waals surface area contributed by atoms with Gasteiger partial charge in [-0.05, 0) is 25.1 Å². The third-order valence-electron chi connectivity index (χ3n) is 2.07. The molecule has 96 valence electrons. The second kappa shape index (κ2) is 4.88. The monoisotopic (exact) mass is 301 g/mol. The predicted octanol–water partition coefficient (Wildman–Crippen LogP) is 1.83. The second-order valence-electron chi connectivity index (χ2n) is 3.61. The number of nitrogens with two attached hydrogens (primary N) is 2.